The van der Waals surface area contributed by atoms with Crippen molar-refractivity contribution in [3.05, 3.63) is 120 Å². The van der Waals surface area contributed by atoms with Crippen LogP contribution in [0.15, 0.2) is 119 Å². The SMILES string of the molecule is CCCSc1sc(-c2ccc(Cl)cc2)nc1[P+](c1ccccc1)(c1ccccc1)c1ccccc1. The number of rotatable bonds is 8. The molecular weight excluding hydrogens is 505 g/mol. The molecule has 0 aliphatic heterocycles. The highest BCUT2D eigenvalue weighted by Gasteiger charge is 2.52. The van der Waals surface area contributed by atoms with Gasteiger partial charge in [0.15, 0.2) is 7.26 Å². The van der Waals surface area contributed by atoms with Crippen molar-refractivity contribution in [2.75, 3.05) is 5.75 Å². The molecule has 0 spiro atoms. The first kappa shape index (κ1) is 24.3. The second kappa shape index (κ2) is 11.1. The predicted octanol–water partition coefficient (Wildman–Crippen LogP) is 7.59. The van der Waals surface area contributed by atoms with Crippen LogP contribution in [0.25, 0.3) is 10.6 Å². The van der Waals surface area contributed by atoms with Crippen LogP contribution in [-0.2, 0) is 0 Å². The first-order chi connectivity index (χ1) is 17.2. The Kier molecular flexibility index (Phi) is 7.70. The second-order valence-corrected chi connectivity index (χ2v) is 14.3. The standard InChI is InChI=1S/C30H26ClNPS2/c1-2-22-34-30-28(32-29(35-30)23-18-20-24(31)21-19-23)33(25-12-6-3-7-13-25,26-14-8-4-9-15-26)27-16-10-5-11-17-27/h3-21H,2,22H2,1H3/q+1. The minimum Gasteiger partial charge on any atom is -0.200 e. The molecule has 4 aromatic carbocycles. The molecule has 0 aliphatic rings. The number of aromatic nitrogens is 1. The molecule has 1 heterocycles. The van der Waals surface area contributed by atoms with Crippen molar-refractivity contribution in [3.8, 4) is 10.6 Å². The molecule has 0 radical (unpaired) electrons. The fraction of sp³-hybridized carbons (Fsp3) is 0.100. The molecule has 0 unspecified atom stereocenters. The van der Waals surface area contributed by atoms with Crippen LogP contribution in [-0.4, -0.2) is 10.7 Å². The summed E-state index contributed by atoms with van der Waals surface area (Å²) in [6.45, 7) is 2.24. The van der Waals surface area contributed by atoms with Gasteiger partial charge in [0.25, 0.3) is 0 Å². The van der Waals surface area contributed by atoms with Gasteiger partial charge in [0.1, 0.15) is 25.1 Å². The van der Waals surface area contributed by atoms with Crippen LogP contribution in [0, 0.1) is 0 Å². The average Bonchev–Trinajstić information content (AvgIpc) is 3.34. The molecule has 0 amide bonds. The van der Waals surface area contributed by atoms with Gasteiger partial charge < -0.3 is 0 Å². The van der Waals surface area contributed by atoms with E-state index in [9.17, 15) is 0 Å². The van der Waals surface area contributed by atoms with Crippen LogP contribution in [0.3, 0.4) is 0 Å². The van der Waals surface area contributed by atoms with Crippen molar-refractivity contribution >= 4 is 63.3 Å². The quantitative estimate of drug-likeness (QED) is 0.151. The molecule has 0 bridgehead atoms. The van der Waals surface area contributed by atoms with Gasteiger partial charge in [-0.25, -0.2) is 0 Å². The number of hydrogen-bond acceptors (Lipinski definition) is 3. The first-order valence-electron chi connectivity index (χ1n) is 11.7. The van der Waals surface area contributed by atoms with Crippen LogP contribution in [0.2, 0.25) is 5.02 Å². The molecule has 1 aromatic heterocycles. The summed E-state index contributed by atoms with van der Waals surface area (Å²) >= 11 is 9.94. The molecule has 5 heteroatoms. The normalized spacial score (nSPS) is 11.5. The number of nitrogens with zero attached hydrogens (tertiary/aromatic N) is 1. The molecule has 0 fully saturated rings. The monoisotopic (exact) mass is 530 g/mol. The maximum absolute atomic E-state index is 6.20. The second-order valence-electron chi connectivity index (χ2n) is 8.16. The topological polar surface area (TPSA) is 12.9 Å². The van der Waals surface area contributed by atoms with Crippen LogP contribution in [0.5, 0.6) is 0 Å². The lowest BCUT2D eigenvalue weighted by atomic mass is 10.2. The van der Waals surface area contributed by atoms with Gasteiger partial charge in [-0.15, -0.1) is 23.1 Å². The van der Waals surface area contributed by atoms with Gasteiger partial charge in [0.2, 0.25) is 5.44 Å². The Bertz CT molecular complexity index is 1270. The van der Waals surface area contributed by atoms with Crippen LogP contribution < -0.4 is 21.3 Å². The first-order valence-corrected chi connectivity index (χ1v) is 15.7. The van der Waals surface area contributed by atoms with Crippen molar-refractivity contribution in [3.63, 3.8) is 0 Å². The third-order valence-electron chi connectivity index (χ3n) is 5.86. The minimum atomic E-state index is -2.24. The minimum absolute atomic E-state index is 0.741. The van der Waals surface area contributed by atoms with Crippen molar-refractivity contribution in [1.29, 1.82) is 0 Å². The number of hydrogen-bond donors (Lipinski definition) is 0. The van der Waals surface area contributed by atoms with Gasteiger partial charge in [0.05, 0.1) is 0 Å². The van der Waals surface area contributed by atoms with Gasteiger partial charge in [0, 0.05) is 10.6 Å². The Balaban J connectivity index is 1.86. The van der Waals surface area contributed by atoms with Gasteiger partial charge in [-0.05, 0) is 60.7 Å². The van der Waals surface area contributed by atoms with E-state index < -0.39 is 7.26 Å². The lowest BCUT2D eigenvalue weighted by Gasteiger charge is -2.26. The van der Waals surface area contributed by atoms with Gasteiger partial charge in [-0.3, -0.25) is 0 Å². The van der Waals surface area contributed by atoms with E-state index in [2.05, 4.69) is 110 Å². The summed E-state index contributed by atoms with van der Waals surface area (Å²) in [7, 11) is -2.24. The summed E-state index contributed by atoms with van der Waals surface area (Å²) < 4.78 is 1.31. The van der Waals surface area contributed by atoms with Gasteiger partial charge >= 0.3 is 0 Å². The van der Waals surface area contributed by atoms with E-state index in [1.165, 1.54) is 25.6 Å². The van der Waals surface area contributed by atoms with E-state index in [0.29, 0.717) is 0 Å². The highest BCUT2D eigenvalue weighted by molar-refractivity contribution is 8.05. The van der Waals surface area contributed by atoms with Crippen molar-refractivity contribution < 1.29 is 0 Å². The van der Waals surface area contributed by atoms with E-state index in [0.717, 1.165) is 27.8 Å². The molecule has 0 saturated heterocycles. The van der Waals surface area contributed by atoms with E-state index in [1.54, 1.807) is 11.3 Å². The molecule has 0 N–H and O–H groups in total. The Morgan fingerprint density at radius 2 is 1.20 bits per heavy atom. The molecular formula is C30H26ClNPS2+. The van der Waals surface area contributed by atoms with Crippen molar-refractivity contribution in [1.82, 2.24) is 4.98 Å². The Morgan fingerprint density at radius 1 is 0.714 bits per heavy atom. The third kappa shape index (κ3) is 4.84. The zero-order valence-corrected chi connectivity index (χ0v) is 22.8. The summed E-state index contributed by atoms with van der Waals surface area (Å²) in [6.07, 6.45) is 1.12. The fourth-order valence-electron chi connectivity index (χ4n) is 4.28. The van der Waals surface area contributed by atoms with E-state index >= 15 is 0 Å². The molecule has 174 valence electrons. The molecule has 0 saturated carbocycles. The zero-order valence-electron chi connectivity index (χ0n) is 19.5. The Labute approximate surface area is 221 Å². The zero-order chi connectivity index (χ0) is 24.1. The van der Waals surface area contributed by atoms with Crippen LogP contribution in [0.1, 0.15) is 13.3 Å². The van der Waals surface area contributed by atoms with Crippen LogP contribution >= 0.6 is 42.0 Å². The van der Waals surface area contributed by atoms with Gasteiger partial charge in [-0.2, -0.15) is 4.98 Å². The van der Waals surface area contributed by atoms with Gasteiger partial charge in [-0.1, -0.05) is 85.3 Å². The molecule has 5 aromatic rings. The Hall–Kier alpha value is -2.42. The summed E-state index contributed by atoms with van der Waals surface area (Å²) in [6, 6.07) is 41.0. The third-order valence-corrected chi connectivity index (χ3v) is 13.2. The summed E-state index contributed by atoms with van der Waals surface area (Å²) in [5.74, 6) is 1.06. The van der Waals surface area contributed by atoms with Crippen LogP contribution in [0.4, 0.5) is 0 Å². The number of halogens is 1. The molecule has 5 rings (SSSR count). The summed E-state index contributed by atoms with van der Waals surface area (Å²) in [5.41, 5.74) is 2.31. The summed E-state index contributed by atoms with van der Waals surface area (Å²) in [5, 5.41) is 5.75. The molecule has 0 atom stereocenters. The largest absolute Gasteiger partial charge is 0.223 e. The van der Waals surface area contributed by atoms with Crippen molar-refractivity contribution in [2.45, 2.75) is 17.6 Å². The lowest BCUT2D eigenvalue weighted by molar-refractivity contribution is 1.11. The summed E-state index contributed by atoms with van der Waals surface area (Å²) in [4.78, 5) is 5.47. The smallest absolute Gasteiger partial charge is 0.200 e. The number of thioether (sulfide) groups is 1. The van der Waals surface area contributed by atoms with E-state index in [4.69, 9.17) is 16.6 Å². The Morgan fingerprint density at radius 3 is 1.66 bits per heavy atom. The predicted molar refractivity (Wildman–Crippen MR) is 158 cm³/mol. The molecule has 1 nitrogen and oxygen atoms in total. The average molecular weight is 531 g/mol. The van der Waals surface area contributed by atoms with Crippen molar-refractivity contribution in [2.24, 2.45) is 0 Å². The van der Waals surface area contributed by atoms with E-state index in [-0.39, 0.29) is 0 Å². The molecule has 35 heavy (non-hydrogen) atoms. The number of thiazole rings is 1. The lowest BCUT2D eigenvalue weighted by Crippen LogP contribution is -2.39. The fourth-order valence-corrected chi connectivity index (χ4v) is 11.6. The number of benzene rings is 4. The highest BCUT2D eigenvalue weighted by atomic mass is 35.5. The maximum atomic E-state index is 6.20. The highest BCUT2D eigenvalue weighted by Crippen LogP contribution is 2.57. The van der Waals surface area contributed by atoms with E-state index in [1.807, 2.05) is 23.9 Å². The molecule has 0 aliphatic carbocycles. The maximum Gasteiger partial charge on any atom is 0.223 e.